The lowest BCUT2D eigenvalue weighted by atomic mass is 9.62. The van der Waals surface area contributed by atoms with Crippen LogP contribution in [0, 0.1) is 10.8 Å². The van der Waals surface area contributed by atoms with Crippen molar-refractivity contribution < 1.29 is 0 Å². The fourth-order valence-corrected chi connectivity index (χ4v) is 3.18. The Labute approximate surface area is 94.7 Å². The van der Waals surface area contributed by atoms with Gasteiger partial charge in [-0.05, 0) is 49.1 Å². The molecule has 1 rings (SSSR count). The molecule has 1 fully saturated rings. The molecule has 2 atom stereocenters. The molecule has 0 amide bonds. The Morgan fingerprint density at radius 3 is 2.67 bits per heavy atom. The minimum Gasteiger partial charge on any atom is -0.366 e. The Bertz CT molecular complexity index is 269. The van der Waals surface area contributed by atoms with Crippen LogP contribution in [0.3, 0.4) is 0 Å². The van der Waals surface area contributed by atoms with E-state index in [9.17, 15) is 0 Å². The third-order valence-corrected chi connectivity index (χ3v) is 3.22. The van der Waals surface area contributed by atoms with Crippen LogP contribution in [0.5, 0.6) is 0 Å². The highest BCUT2D eigenvalue weighted by Crippen LogP contribution is 2.46. The largest absolute Gasteiger partial charge is 0.366 e. The summed E-state index contributed by atoms with van der Waals surface area (Å²) in [4.78, 5) is 4.33. The molecule has 0 aliphatic heterocycles. The maximum Gasteiger partial charge on any atom is 0.177 e. The minimum atomic E-state index is 0.238. The summed E-state index contributed by atoms with van der Waals surface area (Å²) in [5.74, 6) is 2.68. The van der Waals surface area contributed by atoms with Gasteiger partial charge in [0.25, 0.3) is 0 Å². The van der Waals surface area contributed by atoms with Crippen molar-refractivity contribution in [1.29, 1.82) is 0 Å². The topological polar surface area (TPSA) is 24.4 Å². The Hall–Kier alpha value is -0.525. The van der Waals surface area contributed by atoms with Gasteiger partial charge < -0.3 is 5.23 Å². The third-order valence-electron chi connectivity index (χ3n) is 3.22. The van der Waals surface area contributed by atoms with Crippen LogP contribution in [0.2, 0.25) is 0 Å². The van der Waals surface area contributed by atoms with Gasteiger partial charge in [-0.15, -0.1) is 0 Å². The van der Waals surface area contributed by atoms with E-state index in [2.05, 4.69) is 43.4 Å². The molecule has 15 heavy (non-hydrogen) atoms. The van der Waals surface area contributed by atoms with Gasteiger partial charge in [-0.25, -0.2) is 4.99 Å². The van der Waals surface area contributed by atoms with Crippen molar-refractivity contribution in [3.8, 4) is 0 Å². The highest BCUT2D eigenvalue weighted by molar-refractivity contribution is 6.04. The molecule has 1 aliphatic rings. The maximum atomic E-state index is 5.44. The molecule has 0 aromatic heterocycles. The summed E-state index contributed by atoms with van der Waals surface area (Å²) in [5.41, 5.74) is 0.566. The third kappa shape index (κ3) is 3.51. The predicted molar refractivity (Wildman–Crippen MR) is 66.3 cm³/mol. The van der Waals surface area contributed by atoms with E-state index < -0.39 is 0 Å². The summed E-state index contributed by atoms with van der Waals surface area (Å²) < 4.78 is 0. The van der Waals surface area contributed by atoms with Crippen LogP contribution in [0.4, 0.5) is 0 Å². The Balaban J connectivity index is 2.79. The summed E-state index contributed by atoms with van der Waals surface area (Å²) in [6.45, 7) is 11.3. The minimum absolute atomic E-state index is 0.238. The van der Waals surface area contributed by atoms with Crippen LogP contribution >= 0.6 is 0 Å². The first-order chi connectivity index (χ1) is 6.91. The fraction of sp³-hybridized carbons (Fsp3) is 0.833. The Kier molecular flexibility index (Phi) is 3.80. The van der Waals surface area contributed by atoms with E-state index in [0.29, 0.717) is 11.5 Å². The van der Waals surface area contributed by atoms with E-state index in [1.165, 1.54) is 6.42 Å². The summed E-state index contributed by atoms with van der Waals surface area (Å²) >= 11 is 0. The average Bonchev–Trinajstić information content (AvgIpc) is 1.99. The SMILES string of the molecule is [B]NCC1(C)CC(N=C=C)CC(C)(C)C1. The van der Waals surface area contributed by atoms with Crippen LogP contribution in [0.25, 0.3) is 0 Å². The molecule has 3 heteroatoms. The normalized spacial score (nSPS) is 34.5. The number of hydrogen-bond acceptors (Lipinski definition) is 2. The van der Waals surface area contributed by atoms with Gasteiger partial charge in [0.05, 0.1) is 6.04 Å². The zero-order chi connectivity index (χ0) is 11.5. The molecule has 0 bridgehead atoms. The molecule has 0 spiro atoms. The molecule has 0 heterocycles. The van der Waals surface area contributed by atoms with Gasteiger partial charge in [-0.3, -0.25) is 0 Å². The molecule has 82 valence electrons. The number of nitrogens with one attached hydrogen (secondary N) is 1. The molecule has 2 radical (unpaired) electrons. The Morgan fingerprint density at radius 1 is 1.47 bits per heavy atom. The zero-order valence-corrected chi connectivity index (χ0v) is 10.1. The van der Waals surface area contributed by atoms with Gasteiger partial charge in [-0.2, -0.15) is 0 Å². The lowest BCUT2D eigenvalue weighted by Gasteiger charge is -2.45. The molecule has 2 nitrogen and oxygen atoms in total. The number of aliphatic imine (C=N–C) groups is 1. The van der Waals surface area contributed by atoms with E-state index in [1.807, 2.05) is 0 Å². The number of nitrogens with zero attached hydrogens (tertiary/aromatic N) is 1. The summed E-state index contributed by atoms with van der Waals surface area (Å²) in [7, 11) is 5.44. The second-order valence-corrected chi connectivity index (χ2v) is 5.88. The van der Waals surface area contributed by atoms with Gasteiger partial charge in [0.2, 0.25) is 0 Å². The van der Waals surface area contributed by atoms with Crippen LogP contribution in [-0.4, -0.2) is 26.4 Å². The van der Waals surface area contributed by atoms with Crippen molar-refractivity contribution in [2.45, 2.75) is 46.1 Å². The maximum absolute atomic E-state index is 5.44. The quantitative estimate of drug-likeness (QED) is 0.552. The van der Waals surface area contributed by atoms with E-state index in [4.69, 9.17) is 7.98 Å². The highest BCUT2D eigenvalue weighted by Gasteiger charge is 2.40. The predicted octanol–water partition coefficient (Wildman–Crippen LogP) is 2.10. The van der Waals surface area contributed by atoms with Crippen LogP contribution < -0.4 is 5.23 Å². The van der Waals surface area contributed by atoms with Crippen molar-refractivity contribution >= 4 is 13.9 Å². The number of rotatable bonds is 3. The molecule has 0 aromatic rings. The number of hydrogen-bond donors (Lipinski definition) is 1. The van der Waals surface area contributed by atoms with Gasteiger partial charge in [0.1, 0.15) is 0 Å². The van der Waals surface area contributed by atoms with Crippen LogP contribution in [0.1, 0.15) is 40.0 Å². The summed E-state index contributed by atoms with van der Waals surface area (Å²) in [6, 6.07) is 0.351. The second-order valence-electron chi connectivity index (χ2n) is 5.88. The standard InChI is InChI=1S/C12H21BN2/c1-5-14-10-6-11(2,3)8-12(4,7-10)9-15-13/h10,15H,1,6-9H2,2-4H3. The smallest absolute Gasteiger partial charge is 0.177 e. The first-order valence-corrected chi connectivity index (χ1v) is 5.56. The molecular formula is C12H21BN2. The molecule has 2 unspecified atom stereocenters. The van der Waals surface area contributed by atoms with E-state index >= 15 is 0 Å². The van der Waals surface area contributed by atoms with Gasteiger partial charge in [-0.1, -0.05) is 20.8 Å². The van der Waals surface area contributed by atoms with Crippen LogP contribution in [0.15, 0.2) is 11.6 Å². The van der Waals surface area contributed by atoms with E-state index in [1.54, 1.807) is 0 Å². The van der Waals surface area contributed by atoms with E-state index in [-0.39, 0.29) is 5.41 Å². The average molecular weight is 204 g/mol. The lowest BCUT2D eigenvalue weighted by Crippen LogP contribution is -2.42. The molecule has 0 aromatic carbocycles. The second kappa shape index (κ2) is 4.55. The monoisotopic (exact) mass is 204 g/mol. The van der Waals surface area contributed by atoms with E-state index in [0.717, 1.165) is 19.4 Å². The molecule has 1 N–H and O–H groups in total. The van der Waals surface area contributed by atoms with Gasteiger partial charge in [0, 0.05) is 0 Å². The first kappa shape index (κ1) is 12.5. The van der Waals surface area contributed by atoms with Gasteiger partial charge in [0.15, 0.2) is 7.98 Å². The molecule has 0 saturated heterocycles. The molecule has 1 saturated carbocycles. The first-order valence-electron chi connectivity index (χ1n) is 5.56. The van der Waals surface area contributed by atoms with Gasteiger partial charge >= 0.3 is 0 Å². The van der Waals surface area contributed by atoms with Crippen LogP contribution in [-0.2, 0) is 0 Å². The van der Waals surface area contributed by atoms with Crippen molar-refractivity contribution in [3.05, 3.63) is 6.58 Å². The molecule has 1 aliphatic carbocycles. The zero-order valence-electron chi connectivity index (χ0n) is 10.1. The summed E-state index contributed by atoms with van der Waals surface area (Å²) in [5, 5.41) is 2.80. The van der Waals surface area contributed by atoms with Crippen molar-refractivity contribution in [3.63, 3.8) is 0 Å². The fourth-order valence-electron chi connectivity index (χ4n) is 3.18. The van der Waals surface area contributed by atoms with Crippen molar-refractivity contribution in [2.75, 3.05) is 6.54 Å². The molecular weight excluding hydrogens is 183 g/mol. The highest BCUT2D eigenvalue weighted by atomic mass is 14.8. The van der Waals surface area contributed by atoms with Crippen molar-refractivity contribution in [1.82, 2.24) is 5.23 Å². The Morgan fingerprint density at radius 2 is 2.13 bits per heavy atom. The lowest BCUT2D eigenvalue weighted by molar-refractivity contribution is 0.0884. The van der Waals surface area contributed by atoms with Crippen molar-refractivity contribution in [2.24, 2.45) is 15.8 Å². The summed E-state index contributed by atoms with van der Waals surface area (Å²) in [6.07, 6.45) is 3.38.